The molecule has 0 bridgehead atoms. The molecule has 5 nitrogen and oxygen atoms in total. The van der Waals surface area contributed by atoms with Gasteiger partial charge >= 0.3 is 0 Å². The molecule has 1 fully saturated rings. The van der Waals surface area contributed by atoms with Crippen molar-refractivity contribution < 1.29 is 9.47 Å². The van der Waals surface area contributed by atoms with Gasteiger partial charge in [0.1, 0.15) is 5.75 Å². The van der Waals surface area contributed by atoms with E-state index in [4.69, 9.17) is 9.47 Å². The van der Waals surface area contributed by atoms with E-state index < -0.39 is 0 Å². The van der Waals surface area contributed by atoms with Gasteiger partial charge in [0.2, 0.25) is 0 Å². The number of guanidine groups is 1. The number of nitrogens with zero attached hydrogens (tertiary/aromatic N) is 2. The summed E-state index contributed by atoms with van der Waals surface area (Å²) in [5, 5.41) is 3.44. The Hall–Kier alpha value is -1.75. The molecule has 1 N–H and O–H groups in total. The molecule has 0 saturated carbocycles. The number of benzene rings is 1. The highest BCUT2D eigenvalue weighted by Gasteiger charge is 2.15. The summed E-state index contributed by atoms with van der Waals surface area (Å²) in [6.07, 6.45) is 3.77. The molecule has 140 valence electrons. The molecule has 1 aromatic carbocycles. The van der Waals surface area contributed by atoms with Gasteiger partial charge in [-0.15, -0.1) is 0 Å². The summed E-state index contributed by atoms with van der Waals surface area (Å²) < 4.78 is 11.1. The van der Waals surface area contributed by atoms with Crippen LogP contribution in [0.3, 0.4) is 0 Å². The first-order valence-corrected chi connectivity index (χ1v) is 9.33. The van der Waals surface area contributed by atoms with E-state index in [0.717, 1.165) is 43.9 Å². The minimum absolute atomic E-state index is 0.201. The van der Waals surface area contributed by atoms with Gasteiger partial charge in [-0.2, -0.15) is 0 Å². The Bertz CT molecular complexity index is 522. The summed E-state index contributed by atoms with van der Waals surface area (Å²) in [6, 6.07) is 8.24. The molecule has 0 unspecified atom stereocenters. The first-order valence-electron chi connectivity index (χ1n) is 9.33. The van der Waals surface area contributed by atoms with E-state index in [0.29, 0.717) is 0 Å². The molecular formula is C20H33N3O2. The monoisotopic (exact) mass is 347 g/mol. The van der Waals surface area contributed by atoms with Crippen molar-refractivity contribution in [1.29, 1.82) is 0 Å². The second-order valence-electron chi connectivity index (χ2n) is 6.98. The Kier molecular flexibility index (Phi) is 8.06. The van der Waals surface area contributed by atoms with Gasteiger partial charge in [0.25, 0.3) is 0 Å². The molecule has 1 aliphatic rings. The van der Waals surface area contributed by atoms with Crippen LogP contribution in [0.1, 0.15) is 38.7 Å². The quantitative estimate of drug-likeness (QED) is 0.607. The van der Waals surface area contributed by atoms with Gasteiger partial charge in [-0.05, 0) is 56.7 Å². The van der Waals surface area contributed by atoms with Crippen molar-refractivity contribution in [3.8, 4) is 5.75 Å². The van der Waals surface area contributed by atoms with Gasteiger partial charge in [-0.25, -0.2) is 0 Å². The zero-order valence-corrected chi connectivity index (χ0v) is 16.1. The summed E-state index contributed by atoms with van der Waals surface area (Å²) in [5.41, 5.74) is 1.22. The van der Waals surface area contributed by atoms with Crippen LogP contribution in [0.5, 0.6) is 5.75 Å². The summed E-state index contributed by atoms with van der Waals surface area (Å²) >= 11 is 0. The lowest BCUT2D eigenvalue weighted by molar-refractivity contribution is 0.0625. The van der Waals surface area contributed by atoms with E-state index in [2.05, 4.69) is 34.4 Å². The minimum Gasteiger partial charge on any atom is -0.491 e. The molecular weight excluding hydrogens is 314 g/mol. The summed E-state index contributed by atoms with van der Waals surface area (Å²) in [4.78, 5) is 6.62. The van der Waals surface area contributed by atoms with Crippen LogP contribution in [-0.4, -0.2) is 50.8 Å². The van der Waals surface area contributed by atoms with E-state index in [1.165, 1.54) is 24.8 Å². The third-order valence-electron chi connectivity index (χ3n) is 4.53. The second kappa shape index (κ2) is 10.3. The SMILES string of the molecule is CN=C(NCc1ccc(OC(C)C)cc1)N(C)CCC1CCOCC1. The normalized spacial score (nSPS) is 16.1. The molecule has 2 rings (SSSR count). The van der Waals surface area contributed by atoms with E-state index in [1.807, 2.05) is 33.0 Å². The highest BCUT2D eigenvalue weighted by atomic mass is 16.5. The lowest BCUT2D eigenvalue weighted by Gasteiger charge is -2.26. The summed E-state index contributed by atoms with van der Waals surface area (Å²) in [6.45, 7) is 7.68. The lowest BCUT2D eigenvalue weighted by Crippen LogP contribution is -2.39. The van der Waals surface area contributed by atoms with E-state index in [-0.39, 0.29) is 6.10 Å². The van der Waals surface area contributed by atoms with Gasteiger partial charge in [0.05, 0.1) is 6.10 Å². The number of aliphatic imine (C=N–C) groups is 1. The van der Waals surface area contributed by atoms with Gasteiger partial charge in [0.15, 0.2) is 5.96 Å². The van der Waals surface area contributed by atoms with Crippen LogP contribution < -0.4 is 10.1 Å². The molecule has 1 heterocycles. The van der Waals surface area contributed by atoms with E-state index >= 15 is 0 Å². The Morgan fingerprint density at radius 2 is 1.96 bits per heavy atom. The highest BCUT2D eigenvalue weighted by Crippen LogP contribution is 2.18. The van der Waals surface area contributed by atoms with Gasteiger partial charge in [-0.1, -0.05) is 12.1 Å². The number of nitrogens with one attached hydrogen (secondary N) is 1. The standard InChI is InChI=1S/C20H33N3O2/c1-16(2)25-19-7-5-18(6-8-19)15-22-20(21-3)23(4)12-9-17-10-13-24-14-11-17/h5-8,16-17H,9-15H2,1-4H3,(H,21,22). The molecule has 1 aromatic rings. The molecule has 1 saturated heterocycles. The van der Waals surface area contributed by atoms with Crippen LogP contribution in [-0.2, 0) is 11.3 Å². The zero-order valence-electron chi connectivity index (χ0n) is 16.1. The largest absolute Gasteiger partial charge is 0.491 e. The first-order chi connectivity index (χ1) is 12.1. The number of hydrogen-bond donors (Lipinski definition) is 1. The van der Waals surface area contributed by atoms with Crippen molar-refractivity contribution in [2.75, 3.05) is 33.9 Å². The smallest absolute Gasteiger partial charge is 0.193 e. The van der Waals surface area contributed by atoms with Crippen molar-refractivity contribution in [1.82, 2.24) is 10.2 Å². The van der Waals surface area contributed by atoms with Crippen molar-refractivity contribution in [2.24, 2.45) is 10.9 Å². The topological polar surface area (TPSA) is 46.1 Å². The van der Waals surface area contributed by atoms with Crippen LogP contribution >= 0.6 is 0 Å². The molecule has 25 heavy (non-hydrogen) atoms. The maximum absolute atomic E-state index is 5.68. The van der Waals surface area contributed by atoms with E-state index in [1.54, 1.807) is 0 Å². The predicted molar refractivity (Wildman–Crippen MR) is 103 cm³/mol. The average molecular weight is 348 g/mol. The third-order valence-corrected chi connectivity index (χ3v) is 4.53. The Morgan fingerprint density at radius 3 is 2.56 bits per heavy atom. The molecule has 0 aliphatic carbocycles. The first kappa shape index (κ1) is 19.6. The van der Waals surface area contributed by atoms with Gasteiger partial charge in [-0.3, -0.25) is 4.99 Å². The molecule has 0 radical (unpaired) electrons. The molecule has 0 aromatic heterocycles. The fraction of sp³-hybridized carbons (Fsp3) is 0.650. The lowest BCUT2D eigenvalue weighted by atomic mass is 9.96. The molecule has 0 amide bonds. The average Bonchev–Trinajstić information content (AvgIpc) is 2.62. The van der Waals surface area contributed by atoms with Gasteiger partial charge in [0, 0.05) is 40.4 Å². The minimum atomic E-state index is 0.201. The molecule has 5 heteroatoms. The maximum atomic E-state index is 5.68. The van der Waals surface area contributed by atoms with Gasteiger partial charge < -0.3 is 19.7 Å². The van der Waals surface area contributed by atoms with Crippen molar-refractivity contribution in [3.05, 3.63) is 29.8 Å². The fourth-order valence-corrected chi connectivity index (χ4v) is 3.04. The number of hydrogen-bond acceptors (Lipinski definition) is 3. The van der Waals surface area contributed by atoms with Crippen molar-refractivity contribution >= 4 is 5.96 Å². The van der Waals surface area contributed by atoms with Crippen LogP contribution in [0.15, 0.2) is 29.3 Å². The molecule has 0 atom stereocenters. The fourth-order valence-electron chi connectivity index (χ4n) is 3.04. The van der Waals surface area contributed by atoms with E-state index in [9.17, 15) is 0 Å². The van der Waals surface area contributed by atoms with Crippen LogP contribution in [0.4, 0.5) is 0 Å². The maximum Gasteiger partial charge on any atom is 0.193 e. The summed E-state index contributed by atoms with van der Waals surface area (Å²) in [5.74, 6) is 2.63. The predicted octanol–water partition coefficient (Wildman–Crippen LogP) is 3.30. The number of ether oxygens (including phenoxy) is 2. The zero-order chi connectivity index (χ0) is 18.1. The van der Waals surface area contributed by atoms with Crippen molar-refractivity contribution in [2.45, 2.75) is 45.8 Å². The number of rotatable bonds is 7. The molecule has 1 aliphatic heterocycles. The van der Waals surface area contributed by atoms with Crippen LogP contribution in [0, 0.1) is 5.92 Å². The highest BCUT2D eigenvalue weighted by molar-refractivity contribution is 5.79. The van der Waals surface area contributed by atoms with Crippen molar-refractivity contribution in [3.63, 3.8) is 0 Å². The summed E-state index contributed by atoms with van der Waals surface area (Å²) in [7, 11) is 3.95. The second-order valence-corrected chi connectivity index (χ2v) is 6.98. The Morgan fingerprint density at radius 1 is 1.28 bits per heavy atom. The third kappa shape index (κ3) is 6.94. The van der Waals surface area contributed by atoms with Crippen LogP contribution in [0.25, 0.3) is 0 Å². The Balaban J connectivity index is 1.76. The Labute approximate surface area is 152 Å². The molecule has 0 spiro atoms. The van der Waals surface area contributed by atoms with Crippen LogP contribution in [0.2, 0.25) is 0 Å².